The van der Waals surface area contributed by atoms with Crippen LogP contribution in [0.15, 0.2) is 42.5 Å². The first-order valence-electron chi connectivity index (χ1n) is 10.9. The Hall–Kier alpha value is -2.23. The van der Waals surface area contributed by atoms with E-state index in [1.54, 1.807) is 24.3 Å². The van der Waals surface area contributed by atoms with Crippen LogP contribution in [0.1, 0.15) is 44.9 Å². The van der Waals surface area contributed by atoms with Crippen molar-refractivity contribution in [3.05, 3.63) is 42.5 Å². The monoisotopic (exact) mass is 467 g/mol. The van der Waals surface area contributed by atoms with Crippen molar-refractivity contribution >= 4 is 21.7 Å². The SMILES string of the molecule is CS(=O)(=O)NC(=O)CCCCCC[C@H]1C(=O)C[C@@H](O)[C@@H]1/C=C/[C@@H](O)COc1ccccc1. The molecule has 178 valence electrons. The molecule has 0 spiro atoms. The molecule has 0 unspecified atom stereocenters. The topological polar surface area (TPSA) is 130 Å². The average Bonchev–Trinajstić information content (AvgIpc) is 2.99. The summed E-state index contributed by atoms with van der Waals surface area (Å²) >= 11 is 0. The van der Waals surface area contributed by atoms with Crippen molar-refractivity contribution in [3.8, 4) is 5.75 Å². The van der Waals surface area contributed by atoms with E-state index < -0.39 is 28.1 Å². The lowest BCUT2D eigenvalue weighted by molar-refractivity contribution is -0.121. The maximum atomic E-state index is 12.3. The molecule has 8 nitrogen and oxygen atoms in total. The van der Waals surface area contributed by atoms with Crippen LogP contribution in [-0.2, 0) is 19.6 Å². The van der Waals surface area contributed by atoms with Gasteiger partial charge in [0.15, 0.2) is 0 Å². The van der Waals surface area contributed by atoms with Crippen molar-refractivity contribution in [2.75, 3.05) is 12.9 Å². The minimum atomic E-state index is -3.52. The number of sulfonamides is 1. The first-order chi connectivity index (χ1) is 15.2. The molecule has 1 aromatic rings. The molecule has 0 heterocycles. The largest absolute Gasteiger partial charge is 0.491 e. The standard InChI is InChI=1S/C23H33NO7S/c1-32(29,30)24-23(28)12-8-3-2-7-11-19-20(22(27)15-21(19)26)14-13-17(25)16-31-18-9-5-4-6-10-18/h4-6,9-10,13-14,17,19-20,22,25,27H,2-3,7-8,11-12,15-16H2,1H3,(H,24,28)/b14-13+/t17-,19-,20-,22-/m1/s1. The fourth-order valence-electron chi connectivity index (χ4n) is 3.86. The van der Waals surface area contributed by atoms with Gasteiger partial charge >= 0.3 is 0 Å². The molecule has 0 saturated heterocycles. The van der Waals surface area contributed by atoms with E-state index in [2.05, 4.69) is 0 Å². The molecule has 9 heteroatoms. The Kier molecular flexibility index (Phi) is 10.3. The Balaban J connectivity index is 1.72. The maximum absolute atomic E-state index is 12.3. The van der Waals surface area contributed by atoms with Crippen molar-refractivity contribution in [1.29, 1.82) is 0 Å². The van der Waals surface area contributed by atoms with Crippen LogP contribution >= 0.6 is 0 Å². The molecule has 1 amide bonds. The van der Waals surface area contributed by atoms with Crippen LogP contribution in [0.5, 0.6) is 5.75 Å². The molecule has 1 aromatic carbocycles. The molecule has 0 radical (unpaired) electrons. The Morgan fingerprint density at radius 3 is 2.59 bits per heavy atom. The Morgan fingerprint density at radius 2 is 1.91 bits per heavy atom. The number of unbranched alkanes of at least 4 members (excludes halogenated alkanes) is 3. The zero-order valence-corrected chi connectivity index (χ0v) is 19.2. The molecule has 1 aliphatic rings. The third kappa shape index (κ3) is 9.50. The molecule has 3 N–H and O–H groups in total. The summed E-state index contributed by atoms with van der Waals surface area (Å²) < 4.78 is 29.4. The molecule has 0 bridgehead atoms. The number of carbonyl (C=O) groups excluding carboxylic acids is 2. The van der Waals surface area contributed by atoms with Gasteiger partial charge < -0.3 is 14.9 Å². The number of aliphatic hydroxyl groups excluding tert-OH is 2. The van der Waals surface area contributed by atoms with Crippen molar-refractivity contribution in [2.24, 2.45) is 11.8 Å². The Bertz CT molecular complexity index is 870. The van der Waals surface area contributed by atoms with Crippen LogP contribution in [0, 0.1) is 11.8 Å². The summed E-state index contributed by atoms with van der Waals surface area (Å²) in [5.41, 5.74) is 0. The van der Waals surface area contributed by atoms with Gasteiger partial charge in [-0.1, -0.05) is 49.6 Å². The van der Waals surface area contributed by atoms with E-state index in [1.807, 2.05) is 22.9 Å². The zero-order valence-electron chi connectivity index (χ0n) is 18.4. The van der Waals surface area contributed by atoms with E-state index in [0.29, 0.717) is 18.6 Å². The van der Waals surface area contributed by atoms with E-state index >= 15 is 0 Å². The maximum Gasteiger partial charge on any atom is 0.233 e. The van der Waals surface area contributed by atoms with E-state index in [9.17, 15) is 28.2 Å². The van der Waals surface area contributed by atoms with Crippen molar-refractivity contribution in [2.45, 2.75) is 57.2 Å². The lowest BCUT2D eigenvalue weighted by atomic mass is 9.88. The average molecular weight is 468 g/mol. The highest BCUT2D eigenvalue weighted by atomic mass is 32.2. The van der Waals surface area contributed by atoms with Gasteiger partial charge in [-0.2, -0.15) is 0 Å². The van der Waals surface area contributed by atoms with Crippen molar-refractivity contribution < 1.29 is 33.0 Å². The highest BCUT2D eigenvalue weighted by Gasteiger charge is 2.39. The fourth-order valence-corrected chi connectivity index (χ4v) is 4.38. The molecular weight excluding hydrogens is 434 g/mol. The van der Waals surface area contributed by atoms with Gasteiger partial charge in [0.2, 0.25) is 15.9 Å². The number of para-hydroxylation sites is 1. The van der Waals surface area contributed by atoms with E-state index in [0.717, 1.165) is 25.5 Å². The van der Waals surface area contributed by atoms with Gasteiger partial charge in [-0.3, -0.25) is 14.3 Å². The zero-order chi connectivity index (χ0) is 23.6. The van der Waals surface area contributed by atoms with Gasteiger partial charge in [0.05, 0.1) is 12.4 Å². The second kappa shape index (κ2) is 12.7. The molecule has 4 atom stereocenters. The normalized spacial score (nSPS) is 22.2. The number of carbonyl (C=O) groups is 2. The number of ether oxygens (including phenoxy) is 1. The summed E-state index contributed by atoms with van der Waals surface area (Å²) in [5.74, 6) is -0.467. The summed E-state index contributed by atoms with van der Waals surface area (Å²) in [5, 5.41) is 20.4. The van der Waals surface area contributed by atoms with Crippen LogP contribution < -0.4 is 9.46 Å². The summed E-state index contributed by atoms with van der Waals surface area (Å²) in [6.45, 7) is 0.0782. The number of hydrogen-bond donors (Lipinski definition) is 3. The third-order valence-electron chi connectivity index (χ3n) is 5.42. The van der Waals surface area contributed by atoms with Gasteiger partial charge in [-0.15, -0.1) is 0 Å². The number of nitrogens with one attached hydrogen (secondary N) is 1. The first kappa shape index (κ1) is 26.0. The molecular formula is C23H33NO7S. The molecule has 0 aliphatic heterocycles. The fraction of sp³-hybridized carbons (Fsp3) is 0.565. The first-order valence-corrected chi connectivity index (χ1v) is 12.8. The predicted molar refractivity (Wildman–Crippen MR) is 120 cm³/mol. The summed E-state index contributed by atoms with van der Waals surface area (Å²) in [7, 11) is -3.52. The smallest absolute Gasteiger partial charge is 0.233 e. The number of benzene rings is 1. The Morgan fingerprint density at radius 1 is 1.22 bits per heavy atom. The molecule has 1 aliphatic carbocycles. The second-order valence-electron chi connectivity index (χ2n) is 8.25. The van der Waals surface area contributed by atoms with Crippen LogP contribution in [0.4, 0.5) is 0 Å². The summed E-state index contributed by atoms with van der Waals surface area (Å²) in [4.78, 5) is 23.8. The van der Waals surface area contributed by atoms with Crippen LogP contribution in [0.3, 0.4) is 0 Å². The van der Waals surface area contributed by atoms with E-state index in [4.69, 9.17) is 4.74 Å². The van der Waals surface area contributed by atoms with Crippen LogP contribution in [0.25, 0.3) is 0 Å². The molecule has 32 heavy (non-hydrogen) atoms. The highest BCUT2D eigenvalue weighted by molar-refractivity contribution is 7.89. The van der Waals surface area contributed by atoms with Gasteiger partial charge in [0.25, 0.3) is 0 Å². The van der Waals surface area contributed by atoms with Crippen molar-refractivity contribution in [3.63, 3.8) is 0 Å². The van der Waals surface area contributed by atoms with Gasteiger partial charge in [-0.25, -0.2) is 8.42 Å². The van der Waals surface area contributed by atoms with Crippen LogP contribution in [-0.4, -0.2) is 55.4 Å². The highest BCUT2D eigenvalue weighted by Crippen LogP contribution is 2.34. The molecule has 2 rings (SSSR count). The molecule has 1 saturated carbocycles. The van der Waals surface area contributed by atoms with Gasteiger partial charge in [0, 0.05) is 24.7 Å². The van der Waals surface area contributed by atoms with Gasteiger partial charge in [0.1, 0.15) is 24.2 Å². The number of amides is 1. The minimum Gasteiger partial charge on any atom is -0.491 e. The van der Waals surface area contributed by atoms with Gasteiger partial charge in [-0.05, 0) is 25.0 Å². The number of ketones is 1. The molecule has 0 aromatic heterocycles. The Labute approximate surface area is 189 Å². The number of aliphatic hydroxyl groups is 2. The summed E-state index contributed by atoms with van der Waals surface area (Å²) in [6, 6.07) is 9.14. The minimum absolute atomic E-state index is 0.0229. The number of rotatable bonds is 13. The summed E-state index contributed by atoms with van der Waals surface area (Å²) in [6.07, 6.45) is 6.38. The number of Topliss-reactive ketones (excluding diaryl/α,β-unsaturated/α-hetero) is 1. The van der Waals surface area contributed by atoms with Crippen LogP contribution in [0.2, 0.25) is 0 Å². The number of hydrogen-bond acceptors (Lipinski definition) is 7. The van der Waals surface area contributed by atoms with Crippen molar-refractivity contribution in [1.82, 2.24) is 4.72 Å². The quantitative estimate of drug-likeness (QED) is 0.299. The van der Waals surface area contributed by atoms with E-state index in [-0.39, 0.29) is 37.1 Å². The lowest BCUT2D eigenvalue weighted by Crippen LogP contribution is -2.28. The lowest BCUT2D eigenvalue weighted by Gasteiger charge is -2.18. The molecule has 1 fully saturated rings. The second-order valence-corrected chi connectivity index (χ2v) is 10.00. The third-order valence-corrected chi connectivity index (χ3v) is 6.02. The predicted octanol–water partition coefficient (Wildman–Crippen LogP) is 1.96. The van der Waals surface area contributed by atoms with E-state index in [1.165, 1.54) is 0 Å².